The van der Waals surface area contributed by atoms with E-state index in [-0.39, 0.29) is 19.6 Å². The second-order valence-corrected chi connectivity index (χ2v) is 7.77. The number of hydrogen-bond acceptors (Lipinski definition) is 5. The van der Waals surface area contributed by atoms with Crippen LogP contribution in [0.15, 0.2) is 24.3 Å². The maximum absolute atomic E-state index is 11.4. The van der Waals surface area contributed by atoms with Crippen LogP contribution in [-0.2, 0) is 13.0 Å². The van der Waals surface area contributed by atoms with Crippen LogP contribution in [-0.4, -0.2) is 36.8 Å². The molecule has 4 aliphatic rings. The van der Waals surface area contributed by atoms with E-state index in [2.05, 4.69) is 19.2 Å². The predicted molar refractivity (Wildman–Crippen MR) is 91.3 cm³/mol. The van der Waals surface area contributed by atoms with Gasteiger partial charge in [-0.25, -0.2) is 0 Å². The van der Waals surface area contributed by atoms with Crippen LogP contribution in [0.25, 0.3) is 0 Å². The Kier molecular flexibility index (Phi) is 2.74. The summed E-state index contributed by atoms with van der Waals surface area (Å²) < 4.78 is 23.1. The highest BCUT2D eigenvalue weighted by atomic mass is 16.7. The first-order chi connectivity index (χ1) is 12.6. The molecule has 26 heavy (non-hydrogen) atoms. The molecule has 6 rings (SSSR count). The summed E-state index contributed by atoms with van der Waals surface area (Å²) in [7, 11) is 2.22. The van der Waals surface area contributed by atoms with E-state index in [1.807, 2.05) is 12.1 Å². The van der Waals surface area contributed by atoms with Gasteiger partial charge < -0.3 is 28.5 Å². The molecular weight excluding hydrogens is 334 g/mol. The van der Waals surface area contributed by atoms with Gasteiger partial charge in [0.2, 0.25) is 13.6 Å². The van der Waals surface area contributed by atoms with E-state index in [9.17, 15) is 5.11 Å². The zero-order valence-corrected chi connectivity index (χ0v) is 14.5. The number of aliphatic hydroxyl groups is 1. The Morgan fingerprint density at radius 2 is 1.73 bits per heavy atom. The molecule has 0 spiro atoms. The molecule has 2 aromatic rings. The fourth-order valence-electron chi connectivity index (χ4n) is 5.05. The van der Waals surface area contributed by atoms with E-state index in [0.717, 1.165) is 58.1 Å². The molecule has 0 bridgehead atoms. The summed E-state index contributed by atoms with van der Waals surface area (Å²) in [5.74, 6) is 3.17. The number of rotatable bonds is 0. The molecule has 3 atom stereocenters. The van der Waals surface area contributed by atoms with Gasteiger partial charge in [-0.1, -0.05) is 6.07 Å². The zero-order valence-electron chi connectivity index (χ0n) is 14.5. The Morgan fingerprint density at radius 3 is 2.62 bits per heavy atom. The maximum Gasteiger partial charge on any atom is 0.231 e. The van der Waals surface area contributed by atoms with Gasteiger partial charge in [-0.05, 0) is 29.3 Å². The summed E-state index contributed by atoms with van der Waals surface area (Å²) >= 11 is 0. The lowest BCUT2D eigenvalue weighted by molar-refractivity contribution is -0.960. The molecule has 4 aliphatic heterocycles. The third-order valence-electron chi connectivity index (χ3n) is 6.33. The minimum Gasteiger partial charge on any atom is -0.454 e. The van der Waals surface area contributed by atoms with Gasteiger partial charge >= 0.3 is 0 Å². The van der Waals surface area contributed by atoms with Crippen molar-refractivity contribution in [3.05, 3.63) is 46.5 Å². The normalized spacial score (nSPS) is 29.8. The molecule has 134 valence electrons. The van der Waals surface area contributed by atoms with Crippen molar-refractivity contribution in [1.82, 2.24) is 0 Å². The molecule has 0 aliphatic carbocycles. The number of fused-ring (bicyclic) bond motifs is 7. The van der Waals surface area contributed by atoms with Crippen LogP contribution in [0.5, 0.6) is 23.0 Å². The summed E-state index contributed by atoms with van der Waals surface area (Å²) in [4.78, 5) is 0. The van der Waals surface area contributed by atoms with Crippen LogP contribution in [0.1, 0.15) is 34.4 Å². The number of hydrogen-bond donors (Lipinski definition) is 1. The lowest BCUT2D eigenvalue weighted by Crippen LogP contribution is -2.54. The van der Waals surface area contributed by atoms with Crippen LogP contribution in [0.2, 0.25) is 0 Å². The van der Waals surface area contributed by atoms with Gasteiger partial charge in [-0.15, -0.1) is 0 Å². The van der Waals surface area contributed by atoms with E-state index >= 15 is 0 Å². The molecule has 0 radical (unpaired) electrons. The fraction of sp³-hybridized carbons (Fsp3) is 0.400. The first kappa shape index (κ1) is 14.7. The van der Waals surface area contributed by atoms with E-state index in [4.69, 9.17) is 18.9 Å². The van der Waals surface area contributed by atoms with Crippen LogP contribution >= 0.6 is 0 Å². The first-order valence-electron chi connectivity index (χ1n) is 9.00. The van der Waals surface area contributed by atoms with Gasteiger partial charge in [0.25, 0.3) is 0 Å². The van der Waals surface area contributed by atoms with Crippen molar-refractivity contribution >= 4 is 0 Å². The highest BCUT2D eigenvalue weighted by Crippen LogP contribution is 2.54. The minimum absolute atomic E-state index is 0.0267. The third kappa shape index (κ3) is 1.78. The van der Waals surface area contributed by atoms with Gasteiger partial charge in [-0.3, -0.25) is 0 Å². The number of benzene rings is 2. The van der Waals surface area contributed by atoms with Crippen molar-refractivity contribution in [3.63, 3.8) is 0 Å². The highest BCUT2D eigenvalue weighted by molar-refractivity contribution is 5.55. The SMILES string of the molecule is C[N@@+]12CCc3cc4c(cc3[C@@H]1[C@H](O)c1ccc3c(c1C2)OCO3)OCO4. The minimum atomic E-state index is -0.599. The second-order valence-electron chi connectivity index (χ2n) is 7.77. The largest absolute Gasteiger partial charge is 0.454 e. The number of aliphatic hydroxyl groups excluding tert-OH is 1. The lowest BCUT2D eigenvalue weighted by atomic mass is 9.79. The van der Waals surface area contributed by atoms with Gasteiger partial charge in [0, 0.05) is 12.0 Å². The fourth-order valence-corrected chi connectivity index (χ4v) is 5.05. The highest BCUT2D eigenvalue weighted by Gasteiger charge is 2.50. The van der Waals surface area contributed by atoms with E-state index in [1.54, 1.807) is 0 Å². The first-order valence-corrected chi connectivity index (χ1v) is 9.00. The van der Waals surface area contributed by atoms with Crippen molar-refractivity contribution in [3.8, 4) is 23.0 Å². The molecule has 1 N–H and O–H groups in total. The molecule has 2 aromatic carbocycles. The molecule has 6 nitrogen and oxygen atoms in total. The second kappa shape index (κ2) is 4.84. The number of quaternary nitrogens is 1. The predicted octanol–water partition coefficient (Wildman–Crippen LogP) is 2.43. The van der Waals surface area contributed by atoms with Crippen LogP contribution in [0.3, 0.4) is 0 Å². The molecule has 6 heteroatoms. The van der Waals surface area contributed by atoms with Gasteiger partial charge in [0.1, 0.15) is 18.7 Å². The van der Waals surface area contributed by atoms with Crippen LogP contribution in [0, 0.1) is 0 Å². The van der Waals surface area contributed by atoms with Crippen molar-refractivity contribution in [2.24, 2.45) is 0 Å². The average Bonchev–Trinajstić information content (AvgIpc) is 3.28. The lowest BCUT2D eigenvalue weighted by Gasteiger charge is -2.50. The van der Waals surface area contributed by atoms with Crippen molar-refractivity contribution in [2.45, 2.75) is 25.1 Å². The van der Waals surface area contributed by atoms with E-state index in [1.165, 1.54) is 11.1 Å². The third-order valence-corrected chi connectivity index (χ3v) is 6.33. The smallest absolute Gasteiger partial charge is 0.231 e. The summed E-state index contributed by atoms with van der Waals surface area (Å²) in [6, 6.07) is 8.02. The maximum atomic E-state index is 11.4. The molecule has 0 aromatic heterocycles. The Morgan fingerprint density at radius 1 is 0.962 bits per heavy atom. The summed E-state index contributed by atoms with van der Waals surface area (Å²) in [5, 5.41) is 11.4. The quantitative estimate of drug-likeness (QED) is 0.737. The molecular formula is C20H20NO5+. The molecule has 0 saturated carbocycles. The number of ether oxygens (including phenoxy) is 4. The average molecular weight is 354 g/mol. The van der Waals surface area contributed by atoms with Crippen molar-refractivity contribution in [2.75, 3.05) is 27.2 Å². The Hall–Kier alpha value is -2.44. The topological polar surface area (TPSA) is 57.2 Å². The molecule has 0 unspecified atom stereocenters. The Bertz CT molecular complexity index is 942. The van der Waals surface area contributed by atoms with E-state index in [0.29, 0.717) is 0 Å². The molecule has 0 amide bonds. The Labute approximate surface area is 151 Å². The van der Waals surface area contributed by atoms with Gasteiger partial charge in [0.05, 0.1) is 19.2 Å². The van der Waals surface area contributed by atoms with Crippen molar-refractivity contribution in [1.29, 1.82) is 0 Å². The summed E-state index contributed by atoms with van der Waals surface area (Å²) in [6.07, 6.45) is 0.352. The molecule has 0 saturated heterocycles. The van der Waals surface area contributed by atoms with Crippen LogP contribution < -0.4 is 18.9 Å². The molecule has 4 heterocycles. The van der Waals surface area contributed by atoms with Crippen LogP contribution in [0.4, 0.5) is 0 Å². The number of likely N-dealkylation sites (N-methyl/N-ethyl adjacent to an activating group) is 1. The van der Waals surface area contributed by atoms with Crippen molar-refractivity contribution < 1.29 is 28.5 Å². The van der Waals surface area contributed by atoms with Gasteiger partial charge in [0.15, 0.2) is 23.0 Å². The standard InChI is InChI=1S/C20H20NO5/c1-21-5-4-11-6-16-17(25-9-24-16)7-13(11)18(21)19(22)12-2-3-15-20(14(12)8-21)26-10-23-15/h2-3,6-7,18-19,22H,4-5,8-10H2,1H3/q+1/t18-,19-,21+/m1/s1. The molecule has 0 fully saturated rings. The number of nitrogens with zero attached hydrogens (tertiary/aromatic N) is 1. The zero-order chi connectivity index (χ0) is 17.5. The van der Waals surface area contributed by atoms with Gasteiger partial charge in [-0.2, -0.15) is 0 Å². The monoisotopic (exact) mass is 354 g/mol. The summed E-state index contributed by atoms with van der Waals surface area (Å²) in [5.41, 5.74) is 4.44. The van der Waals surface area contributed by atoms with E-state index < -0.39 is 6.10 Å². The summed E-state index contributed by atoms with van der Waals surface area (Å²) in [6.45, 7) is 2.29. The Balaban J connectivity index is 1.53.